The molecule has 0 saturated heterocycles. The van der Waals surface area contributed by atoms with Crippen molar-refractivity contribution in [1.29, 1.82) is 0 Å². The molecule has 1 saturated carbocycles. The van der Waals surface area contributed by atoms with Crippen molar-refractivity contribution in [3.63, 3.8) is 0 Å². The van der Waals surface area contributed by atoms with Crippen molar-refractivity contribution in [2.24, 2.45) is 17.3 Å². The Morgan fingerprint density at radius 2 is 1.93 bits per heavy atom. The van der Waals surface area contributed by atoms with Crippen molar-refractivity contribution < 1.29 is 0 Å². The van der Waals surface area contributed by atoms with Gasteiger partial charge in [0.2, 0.25) is 0 Å². The number of rotatable bonds is 5. The molecule has 0 amide bonds. The largest absolute Gasteiger partial charge is 0.315 e. The highest BCUT2D eigenvalue weighted by molar-refractivity contribution is 4.87. The summed E-state index contributed by atoms with van der Waals surface area (Å²) in [5, 5.41) is 3.44. The average Bonchev–Trinajstić information content (AvgIpc) is 2.75. The third kappa shape index (κ3) is 4.12. The first-order valence-electron chi connectivity index (χ1n) is 6.20. The molecule has 1 N–H and O–H groups in total. The first-order valence-corrected chi connectivity index (χ1v) is 6.20. The van der Waals surface area contributed by atoms with Gasteiger partial charge in [-0.25, -0.2) is 0 Å². The minimum atomic E-state index is 0.345. The maximum Gasteiger partial charge on any atom is 0.0240 e. The quantitative estimate of drug-likeness (QED) is 0.751. The highest BCUT2D eigenvalue weighted by atomic mass is 15.1. The van der Waals surface area contributed by atoms with E-state index in [0.717, 1.165) is 18.4 Å². The van der Waals surface area contributed by atoms with Gasteiger partial charge in [-0.05, 0) is 37.8 Å². The number of hydrogen-bond acceptors (Lipinski definition) is 2. The maximum atomic E-state index is 3.44. The van der Waals surface area contributed by atoms with Crippen LogP contribution in [0.2, 0.25) is 0 Å². The molecule has 0 aromatic carbocycles. The van der Waals surface area contributed by atoms with Gasteiger partial charge in [-0.2, -0.15) is 0 Å². The molecular weight excluding hydrogens is 184 g/mol. The summed E-state index contributed by atoms with van der Waals surface area (Å²) >= 11 is 0. The number of likely N-dealkylation sites (N-methyl/N-ethyl adjacent to an activating group) is 2. The van der Waals surface area contributed by atoms with Crippen LogP contribution in [-0.2, 0) is 0 Å². The molecule has 0 radical (unpaired) electrons. The highest BCUT2D eigenvalue weighted by Gasteiger charge is 2.34. The zero-order valence-corrected chi connectivity index (χ0v) is 11.3. The van der Waals surface area contributed by atoms with Crippen molar-refractivity contribution in [1.82, 2.24) is 10.2 Å². The molecule has 0 aromatic heterocycles. The van der Waals surface area contributed by atoms with E-state index in [2.05, 4.69) is 52.0 Å². The van der Waals surface area contributed by atoms with E-state index < -0.39 is 0 Å². The summed E-state index contributed by atoms with van der Waals surface area (Å²) in [4.78, 5) is 2.49. The van der Waals surface area contributed by atoms with Crippen molar-refractivity contribution >= 4 is 0 Å². The second-order valence-electron chi connectivity index (χ2n) is 6.40. The van der Waals surface area contributed by atoms with Crippen LogP contribution in [0.4, 0.5) is 0 Å². The van der Waals surface area contributed by atoms with E-state index in [-0.39, 0.29) is 0 Å². The molecule has 2 nitrogen and oxygen atoms in total. The van der Waals surface area contributed by atoms with Gasteiger partial charge in [0.05, 0.1) is 0 Å². The molecule has 0 heterocycles. The highest BCUT2D eigenvalue weighted by Crippen LogP contribution is 2.38. The lowest BCUT2D eigenvalue weighted by atomic mass is 9.86. The Morgan fingerprint density at radius 3 is 2.27 bits per heavy atom. The molecule has 15 heavy (non-hydrogen) atoms. The summed E-state index contributed by atoms with van der Waals surface area (Å²) in [6.45, 7) is 11.7. The number of nitrogens with one attached hydrogen (secondary N) is 1. The normalized spacial score (nSPS) is 28.2. The lowest BCUT2D eigenvalue weighted by Gasteiger charge is -2.33. The van der Waals surface area contributed by atoms with E-state index in [4.69, 9.17) is 0 Å². The van der Waals surface area contributed by atoms with E-state index in [9.17, 15) is 0 Å². The van der Waals surface area contributed by atoms with Crippen LogP contribution >= 0.6 is 0 Å². The Hall–Kier alpha value is -0.0800. The molecule has 0 aliphatic heterocycles. The van der Waals surface area contributed by atoms with E-state index in [1.165, 1.54) is 13.0 Å². The molecule has 1 aliphatic carbocycles. The van der Waals surface area contributed by atoms with Crippen LogP contribution in [0.25, 0.3) is 0 Å². The lowest BCUT2D eigenvalue weighted by molar-refractivity contribution is 0.197. The molecule has 3 unspecified atom stereocenters. The van der Waals surface area contributed by atoms with E-state index in [0.29, 0.717) is 11.5 Å². The fourth-order valence-corrected chi connectivity index (χ4v) is 2.24. The molecule has 3 atom stereocenters. The van der Waals surface area contributed by atoms with Gasteiger partial charge in [0.1, 0.15) is 0 Å². The SMILES string of the molecule is CNC(CN(C)CC1CC1C)C(C)(C)C. The Labute approximate surface area is 95.4 Å². The Bertz CT molecular complexity index is 195. The first kappa shape index (κ1) is 13.0. The maximum absolute atomic E-state index is 3.44. The minimum absolute atomic E-state index is 0.345. The molecule has 2 heteroatoms. The molecular formula is C13H28N2. The van der Waals surface area contributed by atoms with Gasteiger partial charge < -0.3 is 10.2 Å². The van der Waals surface area contributed by atoms with Crippen LogP contribution in [-0.4, -0.2) is 38.1 Å². The van der Waals surface area contributed by atoms with Crippen molar-refractivity contribution in [2.45, 2.75) is 40.2 Å². The molecule has 0 spiro atoms. The van der Waals surface area contributed by atoms with Crippen LogP contribution in [0.5, 0.6) is 0 Å². The lowest BCUT2D eigenvalue weighted by Crippen LogP contribution is -2.46. The predicted octanol–water partition coefficient (Wildman–Crippen LogP) is 2.21. The predicted molar refractivity (Wildman–Crippen MR) is 67.1 cm³/mol. The van der Waals surface area contributed by atoms with E-state index >= 15 is 0 Å². The van der Waals surface area contributed by atoms with Gasteiger partial charge in [0, 0.05) is 19.1 Å². The van der Waals surface area contributed by atoms with E-state index in [1.807, 2.05) is 0 Å². The van der Waals surface area contributed by atoms with Crippen molar-refractivity contribution in [2.75, 3.05) is 27.2 Å². The van der Waals surface area contributed by atoms with Crippen LogP contribution in [0, 0.1) is 17.3 Å². The minimum Gasteiger partial charge on any atom is -0.315 e. The Balaban J connectivity index is 2.31. The van der Waals surface area contributed by atoms with Crippen LogP contribution in [0.15, 0.2) is 0 Å². The van der Waals surface area contributed by atoms with Crippen LogP contribution < -0.4 is 5.32 Å². The third-order valence-corrected chi connectivity index (χ3v) is 3.71. The van der Waals surface area contributed by atoms with Crippen molar-refractivity contribution in [3.8, 4) is 0 Å². The summed E-state index contributed by atoms with van der Waals surface area (Å²) in [6, 6.07) is 0.580. The molecule has 90 valence electrons. The van der Waals surface area contributed by atoms with Gasteiger partial charge >= 0.3 is 0 Å². The molecule has 1 rings (SSSR count). The second-order valence-corrected chi connectivity index (χ2v) is 6.40. The topological polar surface area (TPSA) is 15.3 Å². The van der Waals surface area contributed by atoms with E-state index in [1.54, 1.807) is 0 Å². The van der Waals surface area contributed by atoms with Crippen LogP contribution in [0.3, 0.4) is 0 Å². The van der Waals surface area contributed by atoms with Crippen LogP contribution in [0.1, 0.15) is 34.1 Å². The number of nitrogens with zero attached hydrogens (tertiary/aromatic N) is 1. The van der Waals surface area contributed by atoms with Gasteiger partial charge in [0.15, 0.2) is 0 Å². The number of hydrogen-bond donors (Lipinski definition) is 1. The third-order valence-electron chi connectivity index (χ3n) is 3.71. The first-order chi connectivity index (χ1) is 6.84. The summed E-state index contributed by atoms with van der Waals surface area (Å²) in [6.07, 6.45) is 1.43. The van der Waals surface area contributed by atoms with Gasteiger partial charge in [-0.15, -0.1) is 0 Å². The summed E-state index contributed by atoms with van der Waals surface area (Å²) in [5.74, 6) is 1.93. The Morgan fingerprint density at radius 1 is 1.40 bits per heavy atom. The second kappa shape index (κ2) is 4.84. The van der Waals surface area contributed by atoms with Gasteiger partial charge in [0.25, 0.3) is 0 Å². The molecule has 0 aromatic rings. The summed E-state index contributed by atoms with van der Waals surface area (Å²) < 4.78 is 0. The fourth-order valence-electron chi connectivity index (χ4n) is 2.24. The molecule has 0 bridgehead atoms. The average molecular weight is 212 g/mol. The van der Waals surface area contributed by atoms with Gasteiger partial charge in [-0.3, -0.25) is 0 Å². The zero-order chi connectivity index (χ0) is 11.6. The molecule has 1 aliphatic rings. The van der Waals surface area contributed by atoms with Gasteiger partial charge in [-0.1, -0.05) is 27.7 Å². The standard InChI is InChI=1S/C13H28N2/c1-10-7-11(10)8-15(6)9-12(14-5)13(2,3)4/h10-12,14H,7-9H2,1-6H3. The van der Waals surface area contributed by atoms with Crippen molar-refractivity contribution in [3.05, 3.63) is 0 Å². The smallest absolute Gasteiger partial charge is 0.0240 e. The summed E-state index contributed by atoms with van der Waals surface area (Å²) in [5.41, 5.74) is 0.345. The monoisotopic (exact) mass is 212 g/mol. The summed E-state index contributed by atoms with van der Waals surface area (Å²) in [7, 11) is 4.32. The Kier molecular flexibility index (Phi) is 4.19. The molecule has 1 fully saturated rings. The zero-order valence-electron chi connectivity index (χ0n) is 11.3. The fraction of sp³-hybridized carbons (Fsp3) is 1.00.